The first-order valence-electron chi connectivity index (χ1n) is 8.49. The zero-order valence-corrected chi connectivity index (χ0v) is 16.9. The number of halogens is 1. The van der Waals surface area contributed by atoms with Crippen LogP contribution in [0.25, 0.3) is 10.9 Å². The number of ether oxygens (including phenoxy) is 1. The molecular formula is C19H20ClN3O4S. The molecule has 0 aliphatic carbocycles. The molecule has 0 aliphatic rings. The van der Waals surface area contributed by atoms with Gasteiger partial charge >= 0.3 is 0 Å². The van der Waals surface area contributed by atoms with Crippen LogP contribution in [0.3, 0.4) is 0 Å². The van der Waals surface area contributed by atoms with Crippen LogP contribution in [0.2, 0.25) is 5.02 Å². The van der Waals surface area contributed by atoms with Gasteiger partial charge in [0.1, 0.15) is 0 Å². The number of benzene rings is 2. The van der Waals surface area contributed by atoms with E-state index < -0.39 is 15.9 Å². The van der Waals surface area contributed by atoms with Crippen molar-refractivity contribution in [1.82, 2.24) is 9.71 Å². The van der Waals surface area contributed by atoms with Crippen molar-refractivity contribution in [2.75, 3.05) is 25.6 Å². The molecule has 1 heterocycles. The molecule has 0 radical (unpaired) electrons. The maximum Gasteiger partial charge on any atom is 0.257 e. The number of nitrogens with one attached hydrogen (secondary N) is 3. The lowest BCUT2D eigenvalue weighted by Crippen LogP contribution is -2.27. The minimum atomic E-state index is -3.78. The lowest BCUT2D eigenvalue weighted by atomic mass is 10.2. The highest BCUT2D eigenvalue weighted by atomic mass is 35.5. The van der Waals surface area contributed by atoms with Gasteiger partial charge < -0.3 is 15.0 Å². The molecular weight excluding hydrogens is 402 g/mol. The molecule has 148 valence electrons. The average molecular weight is 422 g/mol. The highest BCUT2D eigenvalue weighted by Gasteiger charge is 2.19. The molecule has 1 amide bonds. The lowest BCUT2D eigenvalue weighted by molar-refractivity contribution is 0.102. The largest absolute Gasteiger partial charge is 0.383 e. The molecule has 9 heteroatoms. The summed E-state index contributed by atoms with van der Waals surface area (Å²) in [5, 5.41) is 3.88. The Kier molecular flexibility index (Phi) is 6.04. The van der Waals surface area contributed by atoms with E-state index in [0.717, 1.165) is 16.6 Å². The highest BCUT2D eigenvalue weighted by Crippen LogP contribution is 2.24. The van der Waals surface area contributed by atoms with Gasteiger partial charge in [0.25, 0.3) is 5.91 Å². The van der Waals surface area contributed by atoms with Gasteiger partial charge in [0.15, 0.2) is 0 Å². The second-order valence-corrected chi connectivity index (χ2v) is 8.41. The summed E-state index contributed by atoms with van der Waals surface area (Å²) < 4.78 is 32.0. The van der Waals surface area contributed by atoms with Crippen LogP contribution in [0, 0.1) is 6.92 Å². The van der Waals surface area contributed by atoms with E-state index in [0.29, 0.717) is 5.69 Å². The normalized spacial score (nSPS) is 11.7. The molecule has 3 aromatic rings. The van der Waals surface area contributed by atoms with Crippen LogP contribution in [0.15, 0.2) is 47.4 Å². The fraction of sp³-hybridized carbons (Fsp3) is 0.211. The molecule has 0 bridgehead atoms. The van der Waals surface area contributed by atoms with Crippen LogP contribution in [0.4, 0.5) is 5.69 Å². The Balaban J connectivity index is 1.84. The van der Waals surface area contributed by atoms with Gasteiger partial charge in [-0.15, -0.1) is 0 Å². The molecule has 7 nitrogen and oxygen atoms in total. The maximum atomic E-state index is 12.7. The van der Waals surface area contributed by atoms with Crippen LogP contribution < -0.4 is 10.0 Å². The Labute approximate surface area is 168 Å². The van der Waals surface area contributed by atoms with Crippen LogP contribution in [-0.4, -0.2) is 39.6 Å². The SMILES string of the molecule is COCCNS(=O)(=O)c1ccc(Cl)c(C(=O)Nc2ccc3[nH]c(C)cc3c2)c1. The predicted molar refractivity (Wildman–Crippen MR) is 110 cm³/mol. The third kappa shape index (κ3) is 4.53. The molecule has 0 fully saturated rings. The smallest absolute Gasteiger partial charge is 0.257 e. The van der Waals surface area contributed by atoms with Gasteiger partial charge in [0.05, 0.1) is 22.1 Å². The fourth-order valence-corrected chi connectivity index (χ4v) is 4.00. The third-order valence-electron chi connectivity index (χ3n) is 4.10. The summed E-state index contributed by atoms with van der Waals surface area (Å²) in [4.78, 5) is 15.8. The maximum absolute atomic E-state index is 12.7. The molecule has 0 saturated heterocycles. The number of carbonyl (C=O) groups is 1. The summed E-state index contributed by atoms with van der Waals surface area (Å²) in [7, 11) is -2.30. The number of anilines is 1. The van der Waals surface area contributed by atoms with E-state index in [1.807, 2.05) is 25.1 Å². The van der Waals surface area contributed by atoms with Crippen molar-refractivity contribution >= 4 is 44.1 Å². The zero-order valence-electron chi connectivity index (χ0n) is 15.4. The molecule has 0 spiro atoms. The quantitative estimate of drug-likeness (QED) is 0.509. The zero-order chi connectivity index (χ0) is 20.3. The van der Waals surface area contributed by atoms with E-state index in [9.17, 15) is 13.2 Å². The number of hydrogen-bond donors (Lipinski definition) is 3. The van der Waals surface area contributed by atoms with Crippen LogP contribution in [0.1, 0.15) is 16.1 Å². The molecule has 3 N–H and O–H groups in total. The standard InChI is InChI=1S/C19H20ClN3O4S/c1-12-9-13-10-14(3-6-18(13)22-12)23-19(24)16-11-15(4-5-17(16)20)28(25,26)21-7-8-27-2/h3-6,9-11,21-22H,7-8H2,1-2H3,(H,23,24). The van der Waals surface area contributed by atoms with Gasteiger partial charge in [-0.25, -0.2) is 13.1 Å². The molecule has 1 aromatic heterocycles. The molecule has 0 unspecified atom stereocenters. The van der Waals surface area contributed by atoms with Gasteiger partial charge in [0, 0.05) is 35.9 Å². The van der Waals surface area contributed by atoms with Crippen molar-refractivity contribution in [3.8, 4) is 0 Å². The highest BCUT2D eigenvalue weighted by molar-refractivity contribution is 7.89. The van der Waals surface area contributed by atoms with Gasteiger partial charge in [-0.05, 0) is 49.4 Å². The van der Waals surface area contributed by atoms with Crippen molar-refractivity contribution in [2.45, 2.75) is 11.8 Å². The number of carbonyl (C=O) groups excluding carboxylic acids is 1. The van der Waals surface area contributed by atoms with Crippen molar-refractivity contribution in [1.29, 1.82) is 0 Å². The molecule has 0 aliphatic heterocycles. The lowest BCUT2D eigenvalue weighted by Gasteiger charge is -2.10. The predicted octanol–water partition coefficient (Wildman–Crippen LogP) is 3.31. The van der Waals surface area contributed by atoms with Crippen molar-refractivity contribution < 1.29 is 17.9 Å². The third-order valence-corrected chi connectivity index (χ3v) is 5.89. The molecule has 0 saturated carbocycles. The van der Waals surface area contributed by atoms with Crippen LogP contribution >= 0.6 is 11.6 Å². The number of rotatable bonds is 7. The molecule has 28 heavy (non-hydrogen) atoms. The Hall–Kier alpha value is -2.39. The topological polar surface area (TPSA) is 100 Å². The van der Waals surface area contributed by atoms with Crippen LogP contribution in [-0.2, 0) is 14.8 Å². The number of aryl methyl sites for hydroxylation is 1. The first-order chi connectivity index (χ1) is 13.3. The number of amides is 1. The number of methoxy groups -OCH3 is 1. The summed E-state index contributed by atoms with van der Waals surface area (Å²) in [5.74, 6) is -0.495. The Morgan fingerprint density at radius 1 is 1.18 bits per heavy atom. The minimum Gasteiger partial charge on any atom is -0.383 e. The molecule has 0 atom stereocenters. The van der Waals surface area contributed by atoms with Gasteiger partial charge in [0.2, 0.25) is 10.0 Å². The number of aromatic nitrogens is 1. The molecule has 2 aromatic carbocycles. The van der Waals surface area contributed by atoms with E-state index in [2.05, 4.69) is 15.0 Å². The second kappa shape index (κ2) is 8.32. The van der Waals surface area contributed by atoms with E-state index in [1.54, 1.807) is 6.07 Å². The minimum absolute atomic E-state index is 0.0464. The monoisotopic (exact) mass is 421 g/mol. The average Bonchev–Trinajstić information content (AvgIpc) is 3.01. The van der Waals surface area contributed by atoms with E-state index >= 15 is 0 Å². The Morgan fingerprint density at radius 3 is 2.71 bits per heavy atom. The Morgan fingerprint density at radius 2 is 1.96 bits per heavy atom. The van der Waals surface area contributed by atoms with E-state index in [-0.39, 0.29) is 28.6 Å². The number of sulfonamides is 1. The van der Waals surface area contributed by atoms with E-state index in [1.165, 1.54) is 25.3 Å². The fourth-order valence-electron chi connectivity index (χ4n) is 2.76. The van der Waals surface area contributed by atoms with Crippen molar-refractivity contribution in [3.05, 3.63) is 58.7 Å². The van der Waals surface area contributed by atoms with Crippen molar-refractivity contribution in [3.63, 3.8) is 0 Å². The van der Waals surface area contributed by atoms with Crippen molar-refractivity contribution in [2.24, 2.45) is 0 Å². The van der Waals surface area contributed by atoms with Gasteiger partial charge in [-0.1, -0.05) is 11.6 Å². The number of aromatic amines is 1. The number of hydrogen-bond acceptors (Lipinski definition) is 4. The summed E-state index contributed by atoms with van der Waals surface area (Å²) in [6.45, 7) is 2.31. The molecule has 3 rings (SSSR count). The Bertz CT molecular complexity index is 1130. The first kappa shape index (κ1) is 20.3. The van der Waals surface area contributed by atoms with E-state index in [4.69, 9.17) is 16.3 Å². The summed E-state index contributed by atoms with van der Waals surface area (Å²) >= 11 is 6.13. The first-order valence-corrected chi connectivity index (χ1v) is 10.3. The number of H-pyrrole nitrogens is 1. The second-order valence-electron chi connectivity index (χ2n) is 6.24. The van der Waals surface area contributed by atoms with Crippen LogP contribution in [0.5, 0.6) is 0 Å². The van der Waals surface area contributed by atoms with Gasteiger partial charge in [-0.2, -0.15) is 0 Å². The summed E-state index contributed by atoms with van der Waals surface area (Å²) in [6.07, 6.45) is 0. The number of fused-ring (bicyclic) bond motifs is 1. The van der Waals surface area contributed by atoms with Gasteiger partial charge in [-0.3, -0.25) is 4.79 Å². The summed E-state index contributed by atoms with van der Waals surface area (Å²) in [6, 6.07) is 11.4. The summed E-state index contributed by atoms with van der Waals surface area (Å²) in [5.41, 5.74) is 2.63.